The molecule has 1 aromatic carbocycles. The molecule has 6 nitrogen and oxygen atoms in total. The quantitative estimate of drug-likeness (QED) is 0.871. The molecule has 0 saturated carbocycles. The summed E-state index contributed by atoms with van der Waals surface area (Å²) in [7, 11) is -1.67. The molecule has 7 heteroatoms. The molecule has 2 N–H and O–H groups in total. The van der Waals surface area contributed by atoms with Crippen LogP contribution in [0.5, 0.6) is 0 Å². The molecule has 1 fully saturated rings. The smallest absolute Gasteiger partial charge is 0.335 e. The summed E-state index contributed by atoms with van der Waals surface area (Å²) in [5.41, 5.74) is -0.0328. The Bertz CT molecular complexity index is 630. The van der Waals surface area contributed by atoms with Gasteiger partial charge in [-0.15, -0.1) is 0 Å². The van der Waals surface area contributed by atoms with Gasteiger partial charge in [-0.25, -0.2) is 17.9 Å². The fourth-order valence-corrected chi connectivity index (χ4v) is 3.81. The number of rotatable bonds is 4. The van der Waals surface area contributed by atoms with Crippen molar-refractivity contribution in [3.8, 4) is 0 Å². The standard InChI is InChI=1S/C14H20N2O4S/c1-10-8-12(6-7-16(10)2)15-21(19,20)13-5-3-4-11(9-13)14(17)18/h3-5,9-10,12,15H,6-8H2,1-2H3,(H,17,18). The first-order valence-electron chi connectivity index (χ1n) is 6.85. The zero-order valence-electron chi connectivity index (χ0n) is 12.1. The third-order valence-corrected chi connectivity index (χ3v) is 5.44. The highest BCUT2D eigenvalue weighted by atomic mass is 32.2. The molecular formula is C14H20N2O4S. The lowest BCUT2D eigenvalue weighted by Crippen LogP contribution is -2.47. The molecule has 1 aromatic rings. The van der Waals surface area contributed by atoms with Crippen LogP contribution < -0.4 is 4.72 Å². The van der Waals surface area contributed by atoms with Crippen LogP contribution in [0, 0.1) is 0 Å². The van der Waals surface area contributed by atoms with Gasteiger partial charge in [0.05, 0.1) is 10.5 Å². The van der Waals surface area contributed by atoms with Gasteiger partial charge in [-0.05, 0) is 51.6 Å². The van der Waals surface area contributed by atoms with Crippen LogP contribution in [-0.4, -0.2) is 50.1 Å². The summed E-state index contributed by atoms with van der Waals surface area (Å²) in [4.78, 5) is 13.1. The minimum absolute atomic E-state index is 0.00557. The van der Waals surface area contributed by atoms with Crippen molar-refractivity contribution in [2.24, 2.45) is 0 Å². The molecule has 1 aliphatic rings. The van der Waals surface area contributed by atoms with Crippen molar-refractivity contribution in [1.29, 1.82) is 0 Å². The predicted octanol–water partition coefficient (Wildman–Crippen LogP) is 1.15. The number of likely N-dealkylation sites (tertiary alicyclic amines) is 1. The SMILES string of the molecule is CC1CC(NS(=O)(=O)c2cccc(C(=O)O)c2)CCN1C. The van der Waals surface area contributed by atoms with Gasteiger partial charge in [-0.3, -0.25) is 0 Å². The maximum absolute atomic E-state index is 12.3. The molecule has 0 amide bonds. The number of hydrogen-bond acceptors (Lipinski definition) is 4. The molecule has 2 rings (SSSR count). The van der Waals surface area contributed by atoms with Crippen LogP contribution in [0.2, 0.25) is 0 Å². The molecule has 21 heavy (non-hydrogen) atoms. The van der Waals surface area contributed by atoms with E-state index in [0.717, 1.165) is 19.4 Å². The third kappa shape index (κ3) is 3.81. The van der Waals surface area contributed by atoms with Gasteiger partial charge in [0.15, 0.2) is 0 Å². The summed E-state index contributed by atoms with van der Waals surface area (Å²) in [6, 6.07) is 5.61. The number of nitrogens with zero attached hydrogens (tertiary/aromatic N) is 1. The van der Waals surface area contributed by atoms with E-state index in [0.29, 0.717) is 6.04 Å². The van der Waals surface area contributed by atoms with Crippen molar-refractivity contribution in [3.05, 3.63) is 29.8 Å². The Kier molecular flexibility index (Phi) is 4.65. The molecule has 2 unspecified atom stereocenters. The number of carboxylic acid groups (broad SMARTS) is 1. The first-order valence-corrected chi connectivity index (χ1v) is 8.34. The Morgan fingerprint density at radius 1 is 1.43 bits per heavy atom. The second-order valence-electron chi connectivity index (χ2n) is 5.51. The lowest BCUT2D eigenvalue weighted by molar-refractivity contribution is 0.0696. The summed E-state index contributed by atoms with van der Waals surface area (Å²) in [5, 5.41) is 8.94. The Labute approximate surface area is 124 Å². The average molecular weight is 312 g/mol. The molecule has 0 radical (unpaired) electrons. The van der Waals surface area contributed by atoms with Crippen molar-refractivity contribution in [2.75, 3.05) is 13.6 Å². The minimum atomic E-state index is -3.69. The van der Waals surface area contributed by atoms with Gasteiger partial charge < -0.3 is 10.0 Å². The molecular weight excluding hydrogens is 292 g/mol. The van der Waals surface area contributed by atoms with Gasteiger partial charge in [-0.1, -0.05) is 6.07 Å². The Morgan fingerprint density at radius 3 is 2.76 bits per heavy atom. The van der Waals surface area contributed by atoms with Crippen molar-refractivity contribution < 1.29 is 18.3 Å². The lowest BCUT2D eigenvalue weighted by atomic mass is 10.0. The summed E-state index contributed by atoms with van der Waals surface area (Å²) >= 11 is 0. The summed E-state index contributed by atoms with van der Waals surface area (Å²) in [6.45, 7) is 2.90. The second kappa shape index (κ2) is 6.13. The van der Waals surface area contributed by atoms with Gasteiger partial charge >= 0.3 is 5.97 Å². The van der Waals surface area contributed by atoms with Gasteiger partial charge in [0, 0.05) is 12.1 Å². The fraction of sp³-hybridized carbons (Fsp3) is 0.500. The Balaban J connectivity index is 2.15. The molecule has 0 bridgehead atoms. The number of hydrogen-bond donors (Lipinski definition) is 2. The predicted molar refractivity (Wildman–Crippen MR) is 78.8 cm³/mol. The van der Waals surface area contributed by atoms with Crippen LogP contribution in [0.25, 0.3) is 0 Å². The number of nitrogens with one attached hydrogen (secondary N) is 1. The van der Waals surface area contributed by atoms with Gasteiger partial charge in [0.2, 0.25) is 10.0 Å². The fourth-order valence-electron chi connectivity index (χ4n) is 2.48. The van der Waals surface area contributed by atoms with Gasteiger partial charge in [-0.2, -0.15) is 0 Å². The molecule has 0 aromatic heterocycles. The number of benzene rings is 1. The zero-order valence-corrected chi connectivity index (χ0v) is 12.9. The highest BCUT2D eigenvalue weighted by molar-refractivity contribution is 7.89. The number of aromatic carboxylic acids is 1. The molecule has 1 saturated heterocycles. The maximum atomic E-state index is 12.3. The molecule has 2 atom stereocenters. The van der Waals surface area contributed by atoms with Crippen molar-refractivity contribution in [2.45, 2.75) is 36.7 Å². The van der Waals surface area contributed by atoms with Crippen LogP contribution >= 0.6 is 0 Å². The van der Waals surface area contributed by atoms with E-state index < -0.39 is 16.0 Å². The first-order chi connectivity index (χ1) is 9.79. The molecule has 1 heterocycles. The minimum Gasteiger partial charge on any atom is -0.478 e. The van der Waals surface area contributed by atoms with E-state index >= 15 is 0 Å². The lowest BCUT2D eigenvalue weighted by Gasteiger charge is -2.35. The zero-order chi connectivity index (χ0) is 15.6. The van der Waals surface area contributed by atoms with Crippen molar-refractivity contribution in [3.63, 3.8) is 0 Å². The van der Waals surface area contributed by atoms with Crippen LogP contribution in [0.3, 0.4) is 0 Å². The van der Waals surface area contributed by atoms with E-state index in [-0.39, 0.29) is 16.5 Å². The van der Waals surface area contributed by atoms with E-state index in [1.165, 1.54) is 24.3 Å². The van der Waals surface area contributed by atoms with Crippen molar-refractivity contribution >= 4 is 16.0 Å². The van der Waals surface area contributed by atoms with Crippen LogP contribution in [0.1, 0.15) is 30.1 Å². The molecule has 0 aliphatic carbocycles. The van der Waals surface area contributed by atoms with Gasteiger partial charge in [0.1, 0.15) is 0 Å². The van der Waals surface area contributed by atoms with E-state index in [1.807, 2.05) is 7.05 Å². The molecule has 116 valence electrons. The topological polar surface area (TPSA) is 86.7 Å². The van der Waals surface area contributed by atoms with E-state index in [9.17, 15) is 13.2 Å². The first kappa shape index (κ1) is 15.9. The molecule has 0 spiro atoms. The number of piperidine rings is 1. The molecule has 1 aliphatic heterocycles. The summed E-state index contributed by atoms with van der Waals surface area (Å²) in [5.74, 6) is -1.14. The van der Waals surface area contributed by atoms with Gasteiger partial charge in [0.25, 0.3) is 0 Å². The number of carboxylic acids is 1. The summed E-state index contributed by atoms with van der Waals surface area (Å²) in [6.07, 6.45) is 1.49. The van der Waals surface area contributed by atoms with Crippen molar-refractivity contribution in [1.82, 2.24) is 9.62 Å². The average Bonchev–Trinajstić information content (AvgIpc) is 2.43. The van der Waals surface area contributed by atoms with E-state index in [4.69, 9.17) is 5.11 Å². The van der Waals surface area contributed by atoms with Crippen LogP contribution in [0.15, 0.2) is 29.2 Å². The largest absolute Gasteiger partial charge is 0.478 e. The maximum Gasteiger partial charge on any atom is 0.335 e. The third-order valence-electron chi connectivity index (χ3n) is 3.92. The Hall–Kier alpha value is -1.44. The highest BCUT2D eigenvalue weighted by Crippen LogP contribution is 2.19. The van der Waals surface area contributed by atoms with E-state index in [2.05, 4.69) is 16.5 Å². The van der Waals surface area contributed by atoms with E-state index in [1.54, 1.807) is 0 Å². The summed E-state index contributed by atoms with van der Waals surface area (Å²) < 4.78 is 27.4. The van der Waals surface area contributed by atoms with Crippen LogP contribution in [-0.2, 0) is 10.0 Å². The normalized spacial score (nSPS) is 23.9. The monoisotopic (exact) mass is 312 g/mol. The number of sulfonamides is 1. The Morgan fingerprint density at radius 2 is 2.14 bits per heavy atom. The highest BCUT2D eigenvalue weighted by Gasteiger charge is 2.27. The second-order valence-corrected chi connectivity index (χ2v) is 7.22. The van der Waals surface area contributed by atoms with Crippen LogP contribution in [0.4, 0.5) is 0 Å². The number of carbonyl (C=O) groups is 1.